The lowest BCUT2D eigenvalue weighted by Gasteiger charge is -2.06. The highest BCUT2D eigenvalue weighted by atomic mass is 35.5. The Balaban J connectivity index is 1.33. The monoisotopic (exact) mass is 470 g/mol. The van der Waals surface area contributed by atoms with Crippen molar-refractivity contribution in [1.82, 2.24) is 19.4 Å². The molecule has 2 aromatic heterocycles. The maximum atomic E-state index is 12.4. The van der Waals surface area contributed by atoms with Gasteiger partial charge in [0.05, 0.1) is 17.2 Å². The molecule has 8 heteroatoms. The van der Waals surface area contributed by atoms with E-state index >= 15 is 0 Å². The minimum absolute atomic E-state index is 0.0896. The summed E-state index contributed by atoms with van der Waals surface area (Å²) < 4.78 is 28.3. The summed E-state index contributed by atoms with van der Waals surface area (Å²) in [5.41, 5.74) is 1.80. The zero-order chi connectivity index (χ0) is 22.3. The van der Waals surface area contributed by atoms with Crippen molar-refractivity contribution in [2.45, 2.75) is 109 Å². The standard InChI is InChI=1S/C23H39ClN4O2S/c1-3-4-5-6-7-8-9-10-11-12-17-31(29,30)18-13-16-27-22-20(24)21(23(2)14-15-23)26-28(22)19-25-27/h19H,3-18H2,1-2H3. The van der Waals surface area contributed by atoms with Crippen molar-refractivity contribution in [1.29, 1.82) is 0 Å². The Kier molecular flexibility index (Phi) is 8.85. The van der Waals surface area contributed by atoms with E-state index in [4.69, 9.17) is 11.6 Å². The summed E-state index contributed by atoms with van der Waals surface area (Å²) in [5, 5.41) is 9.60. The second kappa shape index (κ2) is 11.2. The highest BCUT2D eigenvalue weighted by molar-refractivity contribution is 7.91. The fourth-order valence-electron chi connectivity index (χ4n) is 4.20. The van der Waals surface area contributed by atoms with E-state index in [1.807, 2.05) is 0 Å². The van der Waals surface area contributed by atoms with E-state index in [0.29, 0.717) is 23.7 Å². The molecule has 0 bridgehead atoms. The molecular weight excluding hydrogens is 432 g/mol. The normalized spacial score (nSPS) is 15.7. The molecule has 0 amide bonds. The molecule has 31 heavy (non-hydrogen) atoms. The summed E-state index contributed by atoms with van der Waals surface area (Å²) in [6.07, 6.45) is 16.5. The second-order valence-corrected chi connectivity index (χ2v) is 12.2. The van der Waals surface area contributed by atoms with Gasteiger partial charge in [0, 0.05) is 12.0 Å². The molecule has 0 atom stereocenters. The lowest BCUT2D eigenvalue weighted by Crippen LogP contribution is -2.13. The van der Waals surface area contributed by atoms with Gasteiger partial charge in [0.2, 0.25) is 0 Å². The van der Waals surface area contributed by atoms with Crippen molar-refractivity contribution < 1.29 is 8.42 Å². The van der Waals surface area contributed by atoms with Crippen LogP contribution in [0.5, 0.6) is 0 Å². The molecule has 6 nitrogen and oxygen atoms in total. The molecule has 176 valence electrons. The molecule has 0 radical (unpaired) electrons. The smallest absolute Gasteiger partial charge is 0.173 e. The van der Waals surface area contributed by atoms with E-state index in [0.717, 1.165) is 43.4 Å². The summed E-state index contributed by atoms with van der Waals surface area (Å²) in [5.74, 6) is 0.501. The highest BCUT2D eigenvalue weighted by Gasteiger charge is 2.44. The van der Waals surface area contributed by atoms with Gasteiger partial charge in [0.1, 0.15) is 21.2 Å². The Labute approximate surface area is 192 Å². The molecular formula is C23H39ClN4O2S. The average molecular weight is 471 g/mol. The molecule has 0 aromatic carbocycles. The quantitative estimate of drug-likeness (QED) is 0.284. The van der Waals surface area contributed by atoms with Crippen molar-refractivity contribution >= 4 is 27.1 Å². The van der Waals surface area contributed by atoms with E-state index in [-0.39, 0.29) is 11.2 Å². The van der Waals surface area contributed by atoms with Gasteiger partial charge in [-0.3, -0.25) is 0 Å². The fraction of sp³-hybridized carbons (Fsp3) is 0.826. The second-order valence-electron chi connectivity index (χ2n) is 9.53. The number of hydrogen-bond acceptors (Lipinski definition) is 4. The van der Waals surface area contributed by atoms with E-state index in [9.17, 15) is 8.42 Å². The predicted molar refractivity (Wildman–Crippen MR) is 128 cm³/mol. The van der Waals surface area contributed by atoms with Gasteiger partial charge in [-0.2, -0.15) is 10.2 Å². The number of unbranched alkanes of at least 4 members (excludes halogenated alkanes) is 9. The van der Waals surface area contributed by atoms with Gasteiger partial charge >= 0.3 is 0 Å². The molecule has 0 unspecified atom stereocenters. The topological polar surface area (TPSA) is 69.3 Å². The van der Waals surface area contributed by atoms with E-state index in [1.165, 1.54) is 44.9 Å². The lowest BCUT2D eigenvalue weighted by atomic mass is 10.1. The predicted octanol–water partition coefficient (Wildman–Crippen LogP) is 5.96. The maximum Gasteiger partial charge on any atom is 0.173 e. The first-order chi connectivity index (χ1) is 14.9. The van der Waals surface area contributed by atoms with Gasteiger partial charge < -0.3 is 0 Å². The van der Waals surface area contributed by atoms with Crippen LogP contribution in [0.4, 0.5) is 0 Å². The van der Waals surface area contributed by atoms with Crippen LogP contribution in [0, 0.1) is 0 Å². The van der Waals surface area contributed by atoms with Crippen LogP contribution in [-0.2, 0) is 21.8 Å². The number of sulfone groups is 1. The Morgan fingerprint density at radius 2 is 1.55 bits per heavy atom. The van der Waals surface area contributed by atoms with Crippen LogP contribution in [0.2, 0.25) is 5.02 Å². The summed E-state index contributed by atoms with van der Waals surface area (Å²) in [7, 11) is -3.01. The van der Waals surface area contributed by atoms with Crippen molar-refractivity contribution in [2.24, 2.45) is 0 Å². The number of halogens is 1. The molecule has 2 aromatic rings. The SMILES string of the molecule is CCCCCCCCCCCCS(=O)(=O)CCCn1ncn2nc(C3(C)CC3)c(Cl)c12. The summed E-state index contributed by atoms with van der Waals surface area (Å²) in [4.78, 5) is 0. The number of aryl methyl sites for hydroxylation is 1. The van der Waals surface area contributed by atoms with Crippen LogP contribution in [-0.4, -0.2) is 39.3 Å². The van der Waals surface area contributed by atoms with Gasteiger partial charge in [0.25, 0.3) is 0 Å². The lowest BCUT2D eigenvalue weighted by molar-refractivity contribution is 0.555. The van der Waals surface area contributed by atoms with Crippen LogP contribution < -0.4 is 0 Å². The number of hydrogen-bond donors (Lipinski definition) is 0. The van der Waals surface area contributed by atoms with Crippen LogP contribution in [0.15, 0.2) is 6.33 Å². The zero-order valence-electron chi connectivity index (χ0n) is 19.3. The number of rotatable bonds is 16. The van der Waals surface area contributed by atoms with Crippen molar-refractivity contribution in [3.05, 3.63) is 17.0 Å². The van der Waals surface area contributed by atoms with Crippen molar-refractivity contribution in [3.63, 3.8) is 0 Å². The third-order valence-corrected chi connectivity index (χ3v) is 8.75. The minimum atomic E-state index is -3.01. The summed E-state index contributed by atoms with van der Waals surface area (Å²) in [6.45, 7) is 4.96. The zero-order valence-corrected chi connectivity index (χ0v) is 20.9. The van der Waals surface area contributed by atoms with E-state index < -0.39 is 9.84 Å². The van der Waals surface area contributed by atoms with Crippen LogP contribution >= 0.6 is 11.6 Å². The molecule has 0 saturated heterocycles. The molecule has 2 heterocycles. The summed E-state index contributed by atoms with van der Waals surface area (Å²) in [6, 6.07) is 0. The van der Waals surface area contributed by atoms with E-state index in [2.05, 4.69) is 24.0 Å². The van der Waals surface area contributed by atoms with Crippen molar-refractivity contribution in [2.75, 3.05) is 11.5 Å². The molecule has 1 aliphatic carbocycles. The Morgan fingerprint density at radius 1 is 0.968 bits per heavy atom. The minimum Gasteiger partial charge on any atom is -0.245 e. The van der Waals surface area contributed by atoms with Crippen LogP contribution in [0.1, 0.15) is 103 Å². The molecule has 1 fully saturated rings. The highest BCUT2D eigenvalue weighted by Crippen LogP contribution is 2.49. The Bertz CT molecular complexity index is 931. The number of nitrogens with zero attached hydrogens (tertiary/aromatic N) is 4. The summed E-state index contributed by atoms with van der Waals surface area (Å²) >= 11 is 6.59. The molecule has 3 rings (SSSR count). The van der Waals surface area contributed by atoms with Crippen LogP contribution in [0.3, 0.4) is 0 Å². The molecule has 0 N–H and O–H groups in total. The molecule has 1 saturated carbocycles. The Morgan fingerprint density at radius 3 is 2.16 bits per heavy atom. The third-order valence-electron chi connectivity index (χ3n) is 6.58. The van der Waals surface area contributed by atoms with Crippen LogP contribution in [0.25, 0.3) is 5.65 Å². The number of aromatic nitrogens is 4. The average Bonchev–Trinajstić information content (AvgIpc) is 3.20. The number of fused-ring (bicyclic) bond motifs is 1. The molecule has 0 spiro atoms. The van der Waals surface area contributed by atoms with Gasteiger partial charge in [-0.15, -0.1) is 0 Å². The van der Waals surface area contributed by atoms with Gasteiger partial charge in [0.15, 0.2) is 5.65 Å². The van der Waals surface area contributed by atoms with Gasteiger partial charge in [-0.25, -0.2) is 17.6 Å². The third kappa shape index (κ3) is 6.95. The Hall–Kier alpha value is -1.08. The largest absolute Gasteiger partial charge is 0.245 e. The fourth-order valence-corrected chi connectivity index (χ4v) is 6.07. The first-order valence-corrected chi connectivity index (χ1v) is 14.4. The first kappa shape index (κ1) is 24.6. The first-order valence-electron chi connectivity index (χ1n) is 12.2. The van der Waals surface area contributed by atoms with Gasteiger partial charge in [-0.1, -0.05) is 83.2 Å². The van der Waals surface area contributed by atoms with Gasteiger partial charge in [-0.05, 0) is 25.7 Å². The molecule has 0 aliphatic heterocycles. The maximum absolute atomic E-state index is 12.4. The molecule has 1 aliphatic rings. The van der Waals surface area contributed by atoms with Crippen molar-refractivity contribution in [3.8, 4) is 0 Å². The van der Waals surface area contributed by atoms with E-state index in [1.54, 1.807) is 15.5 Å².